The van der Waals surface area contributed by atoms with E-state index in [2.05, 4.69) is 0 Å². The van der Waals surface area contributed by atoms with Crippen molar-refractivity contribution < 1.29 is 18.3 Å². The molecule has 1 aromatic rings. The maximum atomic E-state index is 12.9. The molecule has 0 radical (unpaired) electrons. The first-order valence-corrected chi connectivity index (χ1v) is 3.82. The first-order valence-electron chi connectivity index (χ1n) is 3.44. The normalized spacial score (nSPS) is 13.4. The number of hydrogen-bond donors (Lipinski definition) is 1. The molecular weight excluding hydrogens is 205 g/mol. The van der Waals surface area contributed by atoms with Crippen LogP contribution in [0, 0.1) is 5.82 Å². The van der Waals surface area contributed by atoms with E-state index in [1.54, 1.807) is 0 Å². The van der Waals surface area contributed by atoms with Crippen molar-refractivity contribution >= 4 is 11.6 Å². The Morgan fingerprint density at radius 1 is 1.31 bits per heavy atom. The molecule has 0 aliphatic rings. The van der Waals surface area contributed by atoms with Crippen molar-refractivity contribution in [2.75, 3.05) is 0 Å². The molecule has 0 saturated heterocycles. The average Bonchev–Trinajstić information content (AvgIpc) is 2.03. The monoisotopic (exact) mass is 210 g/mol. The van der Waals surface area contributed by atoms with Crippen molar-refractivity contribution in [2.24, 2.45) is 0 Å². The Balaban J connectivity index is 3.12. The van der Waals surface area contributed by atoms with Crippen LogP contribution in [-0.2, 0) is 0 Å². The van der Waals surface area contributed by atoms with Gasteiger partial charge in [-0.3, -0.25) is 0 Å². The fourth-order valence-electron chi connectivity index (χ4n) is 0.919. The number of aliphatic hydroxyl groups is 1. The topological polar surface area (TPSA) is 20.2 Å². The Morgan fingerprint density at radius 2 is 1.92 bits per heavy atom. The van der Waals surface area contributed by atoms with E-state index in [0.717, 1.165) is 6.07 Å². The summed E-state index contributed by atoms with van der Waals surface area (Å²) < 4.78 is 36.9. The van der Waals surface area contributed by atoms with Crippen LogP contribution in [0.1, 0.15) is 11.7 Å². The van der Waals surface area contributed by atoms with Gasteiger partial charge >= 0.3 is 0 Å². The number of rotatable bonds is 2. The van der Waals surface area contributed by atoms with Gasteiger partial charge in [0.1, 0.15) is 11.9 Å². The van der Waals surface area contributed by atoms with Gasteiger partial charge in [0, 0.05) is 10.6 Å². The standard InChI is InChI=1S/C8H6ClF3O/c9-4-2-1-3-5(10)6(4)7(13)8(11)12/h1-3,7-8,13H. The van der Waals surface area contributed by atoms with E-state index in [1.165, 1.54) is 12.1 Å². The van der Waals surface area contributed by atoms with Gasteiger partial charge in [0.05, 0.1) is 0 Å². The average molecular weight is 211 g/mol. The number of alkyl halides is 2. The highest BCUT2D eigenvalue weighted by Crippen LogP contribution is 2.29. The second-order valence-electron chi connectivity index (χ2n) is 2.41. The molecule has 0 aromatic heterocycles. The summed E-state index contributed by atoms with van der Waals surface area (Å²) in [6, 6.07) is 3.48. The Kier molecular flexibility index (Phi) is 3.17. The SMILES string of the molecule is OC(c1c(F)cccc1Cl)C(F)F. The van der Waals surface area contributed by atoms with Gasteiger partial charge in [-0.15, -0.1) is 0 Å². The lowest BCUT2D eigenvalue weighted by Gasteiger charge is -2.11. The molecule has 1 nitrogen and oxygen atoms in total. The van der Waals surface area contributed by atoms with Crippen molar-refractivity contribution in [3.63, 3.8) is 0 Å². The van der Waals surface area contributed by atoms with Gasteiger partial charge in [-0.05, 0) is 12.1 Å². The number of benzene rings is 1. The van der Waals surface area contributed by atoms with Crippen LogP contribution >= 0.6 is 11.6 Å². The minimum atomic E-state index is -3.05. The largest absolute Gasteiger partial charge is 0.382 e. The number of aliphatic hydroxyl groups excluding tert-OH is 1. The van der Waals surface area contributed by atoms with Crippen LogP contribution in [0.4, 0.5) is 13.2 Å². The number of halogens is 4. The van der Waals surface area contributed by atoms with Gasteiger partial charge in [0.2, 0.25) is 0 Å². The fourth-order valence-corrected chi connectivity index (χ4v) is 1.19. The lowest BCUT2D eigenvalue weighted by atomic mass is 10.1. The predicted molar refractivity (Wildman–Crippen MR) is 42.4 cm³/mol. The van der Waals surface area contributed by atoms with Gasteiger partial charge in [-0.25, -0.2) is 13.2 Å². The zero-order valence-electron chi connectivity index (χ0n) is 6.35. The van der Waals surface area contributed by atoms with Crippen LogP contribution in [0.3, 0.4) is 0 Å². The van der Waals surface area contributed by atoms with E-state index >= 15 is 0 Å². The number of hydrogen-bond acceptors (Lipinski definition) is 1. The molecule has 0 aliphatic heterocycles. The third-order valence-electron chi connectivity index (χ3n) is 1.53. The van der Waals surface area contributed by atoms with Crippen LogP contribution in [0.5, 0.6) is 0 Å². The van der Waals surface area contributed by atoms with E-state index in [0.29, 0.717) is 0 Å². The van der Waals surface area contributed by atoms with Crippen molar-refractivity contribution in [1.29, 1.82) is 0 Å². The highest BCUT2D eigenvalue weighted by molar-refractivity contribution is 6.31. The molecule has 0 aliphatic carbocycles. The molecule has 0 amide bonds. The Hall–Kier alpha value is -0.740. The molecule has 13 heavy (non-hydrogen) atoms. The van der Waals surface area contributed by atoms with Crippen LogP contribution in [0.15, 0.2) is 18.2 Å². The van der Waals surface area contributed by atoms with Gasteiger partial charge < -0.3 is 5.11 Å². The molecular formula is C8H6ClF3O. The molecule has 1 N–H and O–H groups in total. The van der Waals surface area contributed by atoms with Crippen molar-refractivity contribution in [3.8, 4) is 0 Å². The molecule has 1 atom stereocenters. The van der Waals surface area contributed by atoms with E-state index in [-0.39, 0.29) is 5.02 Å². The van der Waals surface area contributed by atoms with Gasteiger partial charge in [0.25, 0.3) is 6.43 Å². The smallest absolute Gasteiger partial charge is 0.268 e. The van der Waals surface area contributed by atoms with Crippen LogP contribution in [0.2, 0.25) is 5.02 Å². The summed E-state index contributed by atoms with van der Waals surface area (Å²) in [6.07, 6.45) is -5.22. The lowest BCUT2D eigenvalue weighted by Crippen LogP contribution is -2.10. The summed E-state index contributed by atoms with van der Waals surface area (Å²) in [5.74, 6) is -0.930. The fraction of sp³-hybridized carbons (Fsp3) is 0.250. The van der Waals surface area contributed by atoms with Gasteiger partial charge in [0.15, 0.2) is 0 Å². The van der Waals surface area contributed by atoms with Crippen molar-refractivity contribution in [2.45, 2.75) is 12.5 Å². The Labute approximate surface area is 77.8 Å². The minimum absolute atomic E-state index is 0.201. The summed E-state index contributed by atoms with van der Waals surface area (Å²) >= 11 is 5.44. The summed E-state index contributed by atoms with van der Waals surface area (Å²) in [4.78, 5) is 0. The molecule has 1 unspecified atom stereocenters. The van der Waals surface area contributed by atoms with E-state index in [1.807, 2.05) is 0 Å². The summed E-state index contributed by atoms with van der Waals surface area (Å²) in [7, 11) is 0. The second-order valence-corrected chi connectivity index (χ2v) is 2.82. The Morgan fingerprint density at radius 3 is 2.38 bits per heavy atom. The van der Waals surface area contributed by atoms with Crippen LogP contribution < -0.4 is 0 Å². The third kappa shape index (κ3) is 2.14. The molecule has 0 bridgehead atoms. The highest BCUT2D eigenvalue weighted by Gasteiger charge is 2.24. The maximum Gasteiger partial charge on any atom is 0.268 e. The molecule has 1 aromatic carbocycles. The molecule has 5 heteroatoms. The first-order chi connectivity index (χ1) is 6.04. The van der Waals surface area contributed by atoms with Crippen molar-refractivity contribution in [3.05, 3.63) is 34.6 Å². The molecule has 0 spiro atoms. The maximum absolute atomic E-state index is 12.9. The second kappa shape index (κ2) is 3.98. The van der Waals surface area contributed by atoms with Gasteiger partial charge in [-0.1, -0.05) is 17.7 Å². The molecule has 0 saturated carbocycles. The summed E-state index contributed by atoms with van der Waals surface area (Å²) in [6.45, 7) is 0. The predicted octanol–water partition coefficient (Wildman–Crippen LogP) is 2.78. The quantitative estimate of drug-likeness (QED) is 0.796. The van der Waals surface area contributed by atoms with Gasteiger partial charge in [-0.2, -0.15) is 0 Å². The Bertz CT molecular complexity index is 283. The van der Waals surface area contributed by atoms with E-state index < -0.39 is 23.9 Å². The van der Waals surface area contributed by atoms with Crippen LogP contribution in [0.25, 0.3) is 0 Å². The molecule has 0 fully saturated rings. The summed E-state index contributed by atoms with van der Waals surface area (Å²) in [5, 5.41) is 8.68. The van der Waals surface area contributed by atoms with E-state index in [4.69, 9.17) is 16.7 Å². The molecule has 72 valence electrons. The van der Waals surface area contributed by atoms with E-state index in [9.17, 15) is 13.2 Å². The minimum Gasteiger partial charge on any atom is -0.382 e. The third-order valence-corrected chi connectivity index (χ3v) is 1.86. The van der Waals surface area contributed by atoms with Crippen LogP contribution in [-0.4, -0.2) is 11.5 Å². The zero-order chi connectivity index (χ0) is 10.0. The lowest BCUT2D eigenvalue weighted by molar-refractivity contribution is -0.00765. The van der Waals surface area contributed by atoms with Crippen molar-refractivity contribution in [1.82, 2.24) is 0 Å². The molecule has 0 heterocycles. The summed E-state index contributed by atoms with van der Waals surface area (Å²) in [5.41, 5.74) is -0.556. The molecule has 1 rings (SSSR count). The highest BCUT2D eigenvalue weighted by atomic mass is 35.5. The first kappa shape index (κ1) is 10.3. The zero-order valence-corrected chi connectivity index (χ0v) is 7.10.